The minimum absolute atomic E-state index is 0.0174. The number of amides is 3. The molecule has 3 aromatic carbocycles. The third-order valence-corrected chi connectivity index (χ3v) is 9.80. The van der Waals surface area contributed by atoms with Crippen molar-refractivity contribution < 1.29 is 46.5 Å². The van der Waals surface area contributed by atoms with Gasteiger partial charge in [0.1, 0.15) is 11.6 Å². The lowest BCUT2D eigenvalue weighted by Gasteiger charge is -2.25. The van der Waals surface area contributed by atoms with Crippen LogP contribution in [0.25, 0.3) is 5.69 Å². The second-order valence-electron chi connectivity index (χ2n) is 14.0. The number of halogens is 4. The second kappa shape index (κ2) is 23.7. The number of nitrogens with one attached hydrogen (secondary N) is 4. The van der Waals surface area contributed by atoms with E-state index in [-0.39, 0.29) is 29.4 Å². The Morgan fingerprint density at radius 1 is 0.846 bits per heavy atom. The minimum Gasteiger partial charge on any atom is -0.478 e. The number of aromatic nitrogens is 4. The van der Waals surface area contributed by atoms with E-state index in [1.807, 2.05) is 19.1 Å². The average molecular weight is 916 g/mol. The van der Waals surface area contributed by atoms with Crippen LogP contribution in [0.15, 0.2) is 116 Å². The van der Waals surface area contributed by atoms with Gasteiger partial charge in [-0.25, -0.2) is 14.1 Å². The molecule has 2 atom stereocenters. The van der Waals surface area contributed by atoms with Gasteiger partial charge in [0, 0.05) is 90.1 Å². The summed E-state index contributed by atoms with van der Waals surface area (Å²) in [4.78, 5) is 43.0. The molecule has 3 aromatic heterocycles. The highest BCUT2D eigenvalue weighted by atomic mass is 35.5. The van der Waals surface area contributed by atoms with Crippen LogP contribution in [0.4, 0.5) is 24.5 Å². The number of pyridine rings is 2. The fourth-order valence-electron chi connectivity index (χ4n) is 6.32. The van der Waals surface area contributed by atoms with E-state index in [0.29, 0.717) is 71.0 Å². The van der Waals surface area contributed by atoms with E-state index < -0.39 is 24.2 Å². The summed E-state index contributed by atoms with van der Waals surface area (Å²) >= 11 is 6.37. The number of hydrogen-bond acceptors (Lipinski definition) is 12. The van der Waals surface area contributed by atoms with Gasteiger partial charge in [-0.05, 0) is 73.7 Å². The largest absolute Gasteiger partial charge is 0.478 e. The lowest BCUT2D eigenvalue weighted by atomic mass is 10.1. The fourth-order valence-corrected chi connectivity index (χ4v) is 6.62. The maximum absolute atomic E-state index is 14.5. The van der Waals surface area contributed by atoms with Gasteiger partial charge in [0.2, 0.25) is 11.8 Å². The maximum atomic E-state index is 14.5. The molecule has 8 rings (SSSR count). The van der Waals surface area contributed by atoms with Crippen molar-refractivity contribution in [2.45, 2.75) is 25.7 Å². The third-order valence-electron chi connectivity index (χ3n) is 9.47. The molecular weight excluding hydrogens is 871 g/mol. The number of carbonyl (C=O) groups is 3. The van der Waals surface area contributed by atoms with Gasteiger partial charge < -0.3 is 45.9 Å². The summed E-state index contributed by atoms with van der Waals surface area (Å²) in [5, 5.41) is 16.6. The van der Waals surface area contributed by atoms with Crippen LogP contribution in [-0.4, -0.2) is 90.1 Å². The zero-order chi connectivity index (χ0) is 46.1. The van der Waals surface area contributed by atoms with Crippen molar-refractivity contribution in [3.8, 4) is 17.3 Å². The predicted octanol–water partition coefficient (Wildman–Crippen LogP) is 6.75. The van der Waals surface area contributed by atoms with Gasteiger partial charge in [0.05, 0.1) is 55.0 Å². The van der Waals surface area contributed by atoms with Gasteiger partial charge in [-0.3, -0.25) is 19.4 Å². The standard InChI is InChI=1S/C21H19F3N4O3.C18H20ClN3O3.C6H6N2O/c22-18-9-14(1-6-17(18)19-11-25-7-8-30-19)27-20(29)13-10-26-28(12-13)15-2-4-16(5-3-15)31-21(23)24;1-2-24-17-9-12(5-6-21-17)18(23)22-13-3-4-14(15(19)10-13)16-11-20-7-8-25-16;7-6(9)5-2-1-3-8-4-5/h1-6,9-10,12,19,21,25H,7-8,11H2,(H,27,29);3-6,9-10,16,20H,2,7-8,11H2,1H3,(H,22,23);1-4H,(H2,7,9)/t19-;16-;/m10./s1. The molecule has 20 heteroatoms. The molecule has 0 saturated carbocycles. The molecule has 2 aliphatic heterocycles. The Hall–Kier alpha value is -6.90. The molecule has 2 aliphatic rings. The molecule has 340 valence electrons. The molecule has 0 spiro atoms. The van der Waals surface area contributed by atoms with Crippen LogP contribution >= 0.6 is 11.6 Å². The minimum atomic E-state index is -2.91. The van der Waals surface area contributed by atoms with E-state index in [1.165, 1.54) is 53.6 Å². The normalized spacial score (nSPS) is 15.6. The van der Waals surface area contributed by atoms with E-state index in [0.717, 1.165) is 25.2 Å². The Labute approximate surface area is 376 Å². The third kappa shape index (κ3) is 14.0. The van der Waals surface area contributed by atoms with Crippen LogP contribution in [0.3, 0.4) is 0 Å². The van der Waals surface area contributed by atoms with Crippen LogP contribution in [-0.2, 0) is 9.47 Å². The summed E-state index contributed by atoms with van der Waals surface area (Å²) in [6.45, 7) is 3.44. The van der Waals surface area contributed by atoms with Crippen molar-refractivity contribution in [1.29, 1.82) is 0 Å². The molecule has 0 radical (unpaired) electrons. The summed E-state index contributed by atoms with van der Waals surface area (Å²) in [5.74, 6) is -1.18. The Balaban J connectivity index is 0.000000184. The number of hydrogen-bond donors (Lipinski definition) is 5. The quantitative estimate of drug-likeness (QED) is 0.0865. The first-order valence-electron chi connectivity index (χ1n) is 20.2. The smallest absolute Gasteiger partial charge is 0.387 e. The lowest BCUT2D eigenvalue weighted by molar-refractivity contribution is -0.0498. The number of carbonyl (C=O) groups excluding carboxylic acids is 3. The van der Waals surface area contributed by atoms with Gasteiger partial charge in [0.15, 0.2) is 0 Å². The molecule has 16 nitrogen and oxygen atoms in total. The second-order valence-corrected chi connectivity index (χ2v) is 14.4. The number of rotatable bonds is 12. The maximum Gasteiger partial charge on any atom is 0.387 e. The molecule has 2 saturated heterocycles. The Bertz CT molecular complexity index is 2510. The molecular formula is C45H45ClF3N9O7. The number of morpholine rings is 2. The van der Waals surface area contributed by atoms with Gasteiger partial charge in [-0.15, -0.1) is 0 Å². The summed E-state index contributed by atoms with van der Waals surface area (Å²) in [7, 11) is 0. The van der Waals surface area contributed by atoms with Crippen molar-refractivity contribution in [3.63, 3.8) is 0 Å². The molecule has 6 N–H and O–H groups in total. The van der Waals surface area contributed by atoms with E-state index in [4.69, 9.17) is 31.5 Å². The van der Waals surface area contributed by atoms with Gasteiger partial charge in [-0.2, -0.15) is 13.9 Å². The van der Waals surface area contributed by atoms with Crippen molar-refractivity contribution in [1.82, 2.24) is 30.4 Å². The van der Waals surface area contributed by atoms with E-state index in [2.05, 4.69) is 41.1 Å². The summed E-state index contributed by atoms with van der Waals surface area (Å²) in [6.07, 6.45) is 6.96. The fraction of sp³-hybridized carbons (Fsp3) is 0.244. The highest BCUT2D eigenvalue weighted by Gasteiger charge is 2.21. The highest BCUT2D eigenvalue weighted by Crippen LogP contribution is 2.30. The topological polar surface area (TPSA) is 206 Å². The van der Waals surface area contributed by atoms with Crippen LogP contribution in [0.1, 0.15) is 61.3 Å². The van der Waals surface area contributed by atoms with Crippen LogP contribution in [0.5, 0.6) is 11.6 Å². The molecule has 6 aromatic rings. The molecule has 0 aliphatic carbocycles. The monoisotopic (exact) mass is 915 g/mol. The molecule has 3 amide bonds. The first-order valence-corrected chi connectivity index (χ1v) is 20.6. The van der Waals surface area contributed by atoms with Crippen LogP contribution < -0.4 is 36.5 Å². The van der Waals surface area contributed by atoms with Gasteiger partial charge in [0.25, 0.3) is 11.8 Å². The first-order chi connectivity index (χ1) is 31.5. The molecule has 2 fully saturated rings. The lowest BCUT2D eigenvalue weighted by Crippen LogP contribution is -2.33. The summed E-state index contributed by atoms with van der Waals surface area (Å²) in [5.41, 5.74) is 8.91. The number of primary amides is 1. The van der Waals surface area contributed by atoms with E-state index in [9.17, 15) is 27.6 Å². The Morgan fingerprint density at radius 2 is 1.51 bits per heavy atom. The number of alkyl halides is 2. The first kappa shape index (κ1) is 47.6. The Kier molecular flexibility index (Phi) is 17.3. The van der Waals surface area contributed by atoms with Gasteiger partial charge >= 0.3 is 6.61 Å². The number of benzene rings is 3. The highest BCUT2D eigenvalue weighted by molar-refractivity contribution is 6.31. The van der Waals surface area contributed by atoms with Crippen LogP contribution in [0, 0.1) is 5.82 Å². The summed E-state index contributed by atoms with van der Waals surface area (Å²) in [6, 6.07) is 22.2. The molecule has 65 heavy (non-hydrogen) atoms. The van der Waals surface area contributed by atoms with Crippen molar-refractivity contribution in [2.75, 3.05) is 56.6 Å². The van der Waals surface area contributed by atoms with Crippen molar-refractivity contribution in [2.24, 2.45) is 5.73 Å². The Morgan fingerprint density at radius 3 is 2.08 bits per heavy atom. The number of ether oxygens (including phenoxy) is 4. The number of anilines is 2. The number of nitrogens with zero attached hydrogens (tertiary/aromatic N) is 4. The predicted molar refractivity (Wildman–Crippen MR) is 235 cm³/mol. The molecule has 5 heterocycles. The van der Waals surface area contributed by atoms with Crippen LogP contribution in [0.2, 0.25) is 5.02 Å². The van der Waals surface area contributed by atoms with E-state index in [1.54, 1.807) is 54.9 Å². The zero-order valence-electron chi connectivity index (χ0n) is 34.9. The summed E-state index contributed by atoms with van der Waals surface area (Å²) < 4.78 is 61.3. The average Bonchev–Trinajstić information content (AvgIpc) is 3.82. The SMILES string of the molecule is CCOc1cc(C(=O)Nc2ccc([C@@H]3CNCCO3)c(Cl)c2)ccn1.NC(=O)c1cccnc1.O=C(Nc1ccc([C@H]2CNCCO2)c(F)c1)c1cnn(-c2ccc(OC(F)F)cc2)c1. The molecule has 0 bridgehead atoms. The zero-order valence-corrected chi connectivity index (χ0v) is 35.6. The van der Waals surface area contributed by atoms with Gasteiger partial charge in [-0.1, -0.05) is 23.7 Å². The molecule has 0 unspecified atom stereocenters. The van der Waals surface area contributed by atoms with Crippen molar-refractivity contribution in [3.05, 3.63) is 155 Å². The number of nitrogens with two attached hydrogens (primary N) is 1. The van der Waals surface area contributed by atoms with E-state index >= 15 is 0 Å². The van der Waals surface area contributed by atoms with Crippen molar-refractivity contribution >= 4 is 40.7 Å².